The second-order valence-electron chi connectivity index (χ2n) is 8.86. The maximum atomic E-state index is 13.2. The van der Waals surface area contributed by atoms with Crippen molar-refractivity contribution in [3.8, 4) is 17.2 Å². The molecule has 2 aromatic rings. The van der Waals surface area contributed by atoms with E-state index in [0.29, 0.717) is 55.2 Å². The van der Waals surface area contributed by atoms with E-state index >= 15 is 0 Å². The lowest BCUT2D eigenvalue weighted by molar-refractivity contribution is -0.135. The first kappa shape index (κ1) is 23.5. The number of aromatic hydroxyl groups is 2. The smallest absolute Gasteiger partial charge is 0.342 e. The van der Waals surface area contributed by atoms with Crippen molar-refractivity contribution >= 4 is 23.8 Å². The number of phenolic OH excluding ortho intramolecular Hbond substituents is 2. The molecule has 0 aliphatic carbocycles. The Kier molecular flexibility index (Phi) is 7.01. The van der Waals surface area contributed by atoms with Crippen LogP contribution in [0.2, 0.25) is 0 Å². The van der Waals surface area contributed by atoms with E-state index < -0.39 is 24.0 Å². The molecule has 7 heteroatoms. The highest BCUT2D eigenvalue weighted by atomic mass is 16.5. The summed E-state index contributed by atoms with van der Waals surface area (Å²) in [6, 6.07) is 7.95. The normalized spacial score (nSPS) is 22.6. The van der Waals surface area contributed by atoms with Gasteiger partial charge in [-0.3, -0.25) is 9.59 Å². The maximum Gasteiger partial charge on any atom is 0.342 e. The van der Waals surface area contributed by atoms with Crippen LogP contribution < -0.4 is 4.74 Å². The summed E-state index contributed by atoms with van der Waals surface area (Å²) < 4.78 is 11.1. The Bertz CT molecular complexity index is 1130. The van der Waals surface area contributed by atoms with Gasteiger partial charge in [0, 0.05) is 24.3 Å². The zero-order chi connectivity index (χ0) is 24.2. The zero-order valence-corrected chi connectivity index (χ0v) is 19.1. The van der Waals surface area contributed by atoms with Gasteiger partial charge in [-0.15, -0.1) is 0 Å². The molecule has 0 bridgehead atoms. The average molecular weight is 465 g/mol. The van der Waals surface area contributed by atoms with Crippen molar-refractivity contribution in [2.24, 2.45) is 0 Å². The Morgan fingerprint density at radius 1 is 1.00 bits per heavy atom. The Morgan fingerprint density at radius 2 is 1.74 bits per heavy atom. The summed E-state index contributed by atoms with van der Waals surface area (Å²) in [6.07, 6.45) is 6.53. The number of ketones is 1. The molecule has 2 aliphatic heterocycles. The van der Waals surface area contributed by atoms with E-state index in [4.69, 9.17) is 9.47 Å². The van der Waals surface area contributed by atoms with Gasteiger partial charge in [0.25, 0.3) is 0 Å². The molecule has 2 heterocycles. The highest BCUT2D eigenvalue weighted by Crippen LogP contribution is 2.47. The van der Waals surface area contributed by atoms with Crippen LogP contribution >= 0.6 is 0 Å². The molecule has 34 heavy (non-hydrogen) atoms. The summed E-state index contributed by atoms with van der Waals surface area (Å²) in [4.78, 5) is 37.6. The molecular weight excluding hydrogens is 436 g/mol. The van der Waals surface area contributed by atoms with Crippen LogP contribution in [0.5, 0.6) is 17.2 Å². The van der Waals surface area contributed by atoms with E-state index in [2.05, 4.69) is 0 Å². The fourth-order valence-corrected chi connectivity index (χ4v) is 4.51. The molecule has 2 aromatic carbocycles. The van der Waals surface area contributed by atoms with Gasteiger partial charge in [-0.05, 0) is 61.9 Å². The molecule has 178 valence electrons. The highest BCUT2D eigenvalue weighted by Gasteiger charge is 2.35. The lowest BCUT2D eigenvalue weighted by Gasteiger charge is -2.27. The minimum absolute atomic E-state index is 0.0144. The van der Waals surface area contributed by atoms with Gasteiger partial charge in [0.05, 0.1) is 12.5 Å². The Labute approximate surface area is 198 Å². The number of phenols is 2. The van der Waals surface area contributed by atoms with Gasteiger partial charge in [-0.25, -0.2) is 4.79 Å². The van der Waals surface area contributed by atoms with Gasteiger partial charge >= 0.3 is 11.9 Å². The molecule has 0 spiro atoms. The van der Waals surface area contributed by atoms with E-state index in [1.54, 1.807) is 31.2 Å². The third kappa shape index (κ3) is 5.14. The lowest BCUT2D eigenvalue weighted by Crippen LogP contribution is -2.23. The van der Waals surface area contributed by atoms with Gasteiger partial charge in [0.1, 0.15) is 28.6 Å². The topological polar surface area (TPSA) is 110 Å². The Morgan fingerprint density at radius 3 is 2.50 bits per heavy atom. The molecule has 4 rings (SSSR count). The number of cyclic esters (lactones) is 1. The minimum atomic E-state index is -0.669. The van der Waals surface area contributed by atoms with Crippen molar-refractivity contribution in [1.82, 2.24) is 0 Å². The Balaban J connectivity index is 1.81. The second kappa shape index (κ2) is 10.1. The molecule has 0 fully saturated rings. The molecule has 0 saturated heterocycles. The zero-order valence-electron chi connectivity index (χ0n) is 19.1. The first-order valence-electron chi connectivity index (χ1n) is 11.6. The van der Waals surface area contributed by atoms with Crippen LogP contribution in [0.3, 0.4) is 0 Å². The number of benzene rings is 2. The van der Waals surface area contributed by atoms with Gasteiger partial charge < -0.3 is 19.7 Å². The fourth-order valence-electron chi connectivity index (χ4n) is 4.51. The van der Waals surface area contributed by atoms with Crippen LogP contribution in [0.15, 0.2) is 36.4 Å². The number of carbonyl (C=O) groups is 3. The third-order valence-electron chi connectivity index (χ3n) is 6.27. The molecule has 2 N–H and O–H groups in total. The molecule has 0 amide bonds. The van der Waals surface area contributed by atoms with Crippen LogP contribution in [0, 0.1) is 0 Å². The molecule has 0 saturated carbocycles. The molecule has 7 nitrogen and oxygen atoms in total. The third-order valence-corrected chi connectivity index (χ3v) is 6.27. The average Bonchev–Trinajstić information content (AvgIpc) is 2.78. The summed E-state index contributed by atoms with van der Waals surface area (Å²) in [5, 5.41) is 21.0. The molecule has 0 aromatic heterocycles. The van der Waals surface area contributed by atoms with Crippen molar-refractivity contribution in [2.75, 3.05) is 0 Å². The number of allylic oxidation sites excluding steroid dienone is 1. The van der Waals surface area contributed by atoms with Crippen LogP contribution in [0.1, 0.15) is 84.8 Å². The van der Waals surface area contributed by atoms with Gasteiger partial charge in [-0.1, -0.05) is 24.3 Å². The molecule has 0 radical (unpaired) electrons. The van der Waals surface area contributed by atoms with Crippen LogP contribution in [-0.2, 0) is 14.3 Å². The number of hydrogen-bond donors (Lipinski definition) is 2. The number of hydrogen-bond acceptors (Lipinski definition) is 7. The molecule has 0 unspecified atom stereocenters. The number of fused-ring (bicyclic) bond motifs is 2. The number of carbonyl (C=O) groups excluding carboxylic acids is 3. The number of rotatable bonds is 1. The van der Waals surface area contributed by atoms with Crippen molar-refractivity contribution in [1.29, 1.82) is 0 Å². The highest BCUT2D eigenvalue weighted by molar-refractivity contribution is 5.98. The first-order valence-corrected chi connectivity index (χ1v) is 11.6. The van der Waals surface area contributed by atoms with Crippen LogP contribution in [-0.4, -0.2) is 34.0 Å². The lowest BCUT2D eigenvalue weighted by atomic mass is 9.83. The van der Waals surface area contributed by atoms with Gasteiger partial charge in [-0.2, -0.15) is 0 Å². The summed E-state index contributed by atoms with van der Waals surface area (Å²) in [7, 11) is 0. The maximum absolute atomic E-state index is 13.2. The molecule has 2 aliphatic rings. The monoisotopic (exact) mass is 464 g/mol. The Hall–Kier alpha value is -3.61. The predicted octanol–water partition coefficient (Wildman–Crippen LogP) is 5.02. The number of ether oxygens (including phenoxy) is 2. The number of Topliss-reactive ketones (excluding diaryl/α,β-unsaturated/α-hetero) is 1. The van der Waals surface area contributed by atoms with Crippen molar-refractivity contribution in [3.63, 3.8) is 0 Å². The van der Waals surface area contributed by atoms with Gasteiger partial charge in [0.15, 0.2) is 0 Å². The van der Waals surface area contributed by atoms with Gasteiger partial charge in [0.2, 0.25) is 0 Å². The minimum Gasteiger partial charge on any atom is -0.508 e. The van der Waals surface area contributed by atoms with E-state index in [0.717, 1.165) is 0 Å². The van der Waals surface area contributed by atoms with Crippen LogP contribution in [0.25, 0.3) is 6.08 Å². The molecule has 2 atom stereocenters. The van der Waals surface area contributed by atoms with Crippen molar-refractivity contribution < 1.29 is 34.1 Å². The van der Waals surface area contributed by atoms with Crippen molar-refractivity contribution in [2.45, 2.75) is 63.9 Å². The summed E-state index contributed by atoms with van der Waals surface area (Å²) in [5.41, 5.74) is 1.45. The SMILES string of the molecule is C[C@@H]1CCCC(=O)CCC/C=C/c2cc3c(c(O)c2C(=O)O1)[C@H](c1ccc(O)cc1)CC(=O)O3. The standard InChI is InChI=1S/C27H28O7/c1-16-6-5-9-19(28)8-4-2-3-7-18-14-22-25(26(31)24(18)27(32)33-16)21(15-23(30)34-22)17-10-12-20(29)13-11-17/h3,7,10-14,16,21,29,31H,2,4-6,8-9,15H2,1H3/b7-3+/t16-,21+/m1/s1. The van der Waals surface area contributed by atoms with E-state index in [1.165, 1.54) is 12.1 Å². The van der Waals surface area contributed by atoms with Crippen LogP contribution in [0.4, 0.5) is 0 Å². The second-order valence-corrected chi connectivity index (χ2v) is 8.86. The predicted molar refractivity (Wildman–Crippen MR) is 125 cm³/mol. The quantitative estimate of drug-likeness (QED) is 0.450. The summed E-state index contributed by atoms with van der Waals surface area (Å²) >= 11 is 0. The molecular formula is C27H28O7. The van der Waals surface area contributed by atoms with E-state index in [-0.39, 0.29) is 35.0 Å². The van der Waals surface area contributed by atoms with E-state index in [9.17, 15) is 24.6 Å². The van der Waals surface area contributed by atoms with E-state index in [1.807, 2.05) is 6.08 Å². The summed E-state index contributed by atoms with van der Waals surface area (Å²) in [5.74, 6) is -1.48. The first-order chi connectivity index (χ1) is 16.3. The summed E-state index contributed by atoms with van der Waals surface area (Å²) in [6.45, 7) is 1.76. The number of esters is 2. The van der Waals surface area contributed by atoms with Crippen molar-refractivity contribution in [3.05, 3.63) is 58.7 Å². The fraction of sp³-hybridized carbons (Fsp3) is 0.370. The largest absolute Gasteiger partial charge is 0.508 e.